The molecule has 0 radical (unpaired) electrons. The van der Waals surface area contributed by atoms with E-state index in [1.54, 1.807) is 0 Å². The summed E-state index contributed by atoms with van der Waals surface area (Å²) < 4.78 is 0.912. The third-order valence-electron chi connectivity index (χ3n) is 3.06. The molecule has 1 saturated heterocycles. The molecule has 2 heterocycles. The van der Waals surface area contributed by atoms with Gasteiger partial charge in [-0.15, -0.1) is 11.8 Å². The number of imide groups is 1. The molecule has 100 valence electrons. The molecule has 1 aromatic rings. The highest BCUT2D eigenvalue weighted by Crippen LogP contribution is 2.33. The molecule has 2 amide bonds. The van der Waals surface area contributed by atoms with Crippen molar-refractivity contribution in [1.82, 2.24) is 10.2 Å². The molecule has 0 unspecified atom stereocenters. The second kappa shape index (κ2) is 4.96. The monoisotopic (exact) mass is 349 g/mol. The van der Waals surface area contributed by atoms with Crippen LogP contribution in [0.15, 0.2) is 34.3 Å². The molecular weight excluding hydrogens is 342 g/mol. The maximum atomic E-state index is 12.3. The van der Waals surface area contributed by atoms with E-state index >= 15 is 0 Å². The van der Waals surface area contributed by atoms with Crippen LogP contribution in [0.5, 0.6) is 0 Å². The number of hydrogen-bond donors (Lipinski definition) is 1. The second-order valence-electron chi connectivity index (χ2n) is 4.25. The average molecular weight is 350 g/mol. The van der Waals surface area contributed by atoms with Crippen LogP contribution in [0.4, 0.5) is 0 Å². The summed E-state index contributed by atoms with van der Waals surface area (Å²) in [5.74, 6) is -0.542. The number of thioether (sulfide) groups is 1. The van der Waals surface area contributed by atoms with E-state index in [1.807, 2.05) is 30.3 Å². The Morgan fingerprint density at radius 3 is 2.70 bits per heavy atom. The van der Waals surface area contributed by atoms with Crippen LogP contribution in [-0.2, 0) is 9.59 Å². The highest BCUT2D eigenvalue weighted by molar-refractivity contribution is 9.10. The zero-order valence-electron chi connectivity index (χ0n) is 10.1. The van der Waals surface area contributed by atoms with Crippen LogP contribution in [0.3, 0.4) is 0 Å². The summed E-state index contributed by atoms with van der Waals surface area (Å²) in [6.45, 7) is 0. The number of benzene rings is 1. The summed E-state index contributed by atoms with van der Waals surface area (Å²) in [6, 6.07) is 9.20. The third-order valence-corrected chi connectivity index (χ3v) is 4.65. The van der Waals surface area contributed by atoms with Crippen molar-refractivity contribution in [2.24, 2.45) is 0 Å². The minimum atomic E-state index is -0.524. The van der Waals surface area contributed by atoms with Gasteiger partial charge in [-0.2, -0.15) is 5.26 Å². The Hall–Kier alpha value is -1.78. The summed E-state index contributed by atoms with van der Waals surface area (Å²) in [6.07, 6.45) is 0. The Bertz CT molecular complexity index is 678. The van der Waals surface area contributed by atoms with Crippen molar-refractivity contribution in [2.75, 3.05) is 5.75 Å². The van der Waals surface area contributed by atoms with E-state index in [0.29, 0.717) is 5.70 Å². The Morgan fingerprint density at radius 2 is 2.05 bits per heavy atom. The number of nitrogens with one attached hydrogen (secondary N) is 1. The first-order chi connectivity index (χ1) is 9.61. The Balaban J connectivity index is 2.09. The van der Waals surface area contributed by atoms with Gasteiger partial charge in [-0.25, -0.2) is 4.90 Å². The van der Waals surface area contributed by atoms with E-state index in [2.05, 4.69) is 21.2 Å². The first-order valence-electron chi connectivity index (χ1n) is 5.76. The minimum Gasteiger partial charge on any atom is -0.355 e. The van der Waals surface area contributed by atoms with Gasteiger partial charge < -0.3 is 5.32 Å². The lowest BCUT2D eigenvalue weighted by Gasteiger charge is -2.30. The lowest BCUT2D eigenvalue weighted by Crippen LogP contribution is -2.50. The number of rotatable bonds is 1. The fraction of sp³-hybridized carbons (Fsp3) is 0.154. The first-order valence-corrected chi connectivity index (χ1v) is 7.61. The van der Waals surface area contributed by atoms with E-state index in [4.69, 9.17) is 0 Å². The largest absolute Gasteiger partial charge is 0.355 e. The molecule has 0 aromatic heterocycles. The Labute approximate surface area is 127 Å². The van der Waals surface area contributed by atoms with Crippen LogP contribution < -0.4 is 5.32 Å². The number of fused-ring (bicyclic) bond motifs is 1. The molecule has 0 aliphatic carbocycles. The number of nitrogens with zero attached hydrogens (tertiary/aromatic N) is 2. The van der Waals surface area contributed by atoms with Gasteiger partial charge in [0, 0.05) is 4.47 Å². The fourth-order valence-electron chi connectivity index (χ4n) is 2.12. The van der Waals surface area contributed by atoms with Gasteiger partial charge in [0.25, 0.3) is 5.91 Å². The van der Waals surface area contributed by atoms with E-state index in [0.717, 1.165) is 14.9 Å². The average Bonchev–Trinajstić information content (AvgIpc) is 2.81. The highest BCUT2D eigenvalue weighted by Gasteiger charge is 2.43. The van der Waals surface area contributed by atoms with Crippen molar-refractivity contribution < 1.29 is 9.59 Å². The number of carbonyl (C=O) groups is 2. The standard InChI is InChI=1S/C13H8BrN3O2S/c14-8-3-1-7(2-4-8)11-9(5-15)12(19)17-10(18)6-20-13(17)16-11/h1-4,13,16H,6H2/t13-/m1/s1. The maximum absolute atomic E-state index is 12.3. The number of carbonyl (C=O) groups excluding carboxylic acids is 2. The minimum absolute atomic E-state index is 0.0283. The first kappa shape index (κ1) is 13.2. The number of nitriles is 1. The molecule has 0 saturated carbocycles. The van der Waals surface area contributed by atoms with E-state index < -0.39 is 11.4 Å². The van der Waals surface area contributed by atoms with Crippen LogP contribution in [0.2, 0.25) is 0 Å². The van der Waals surface area contributed by atoms with Gasteiger partial charge in [0.05, 0.1) is 11.4 Å². The van der Waals surface area contributed by atoms with Gasteiger partial charge in [-0.3, -0.25) is 9.59 Å². The zero-order chi connectivity index (χ0) is 14.3. The quantitative estimate of drug-likeness (QED) is 0.780. The summed E-state index contributed by atoms with van der Waals surface area (Å²) in [5.41, 5.74) is 0.774. The van der Waals surface area contributed by atoms with Gasteiger partial charge in [-0.05, 0) is 17.7 Å². The van der Waals surface area contributed by atoms with Crippen molar-refractivity contribution in [3.05, 3.63) is 39.9 Å². The molecular formula is C13H8BrN3O2S. The molecule has 2 aliphatic rings. The topological polar surface area (TPSA) is 73.2 Å². The summed E-state index contributed by atoms with van der Waals surface area (Å²) >= 11 is 4.68. The van der Waals surface area contributed by atoms with E-state index in [1.165, 1.54) is 11.8 Å². The highest BCUT2D eigenvalue weighted by atomic mass is 79.9. The third kappa shape index (κ3) is 2.01. The van der Waals surface area contributed by atoms with E-state index in [-0.39, 0.29) is 17.2 Å². The molecule has 0 bridgehead atoms. The normalized spacial score (nSPS) is 21.6. The van der Waals surface area contributed by atoms with Crippen LogP contribution in [0, 0.1) is 11.3 Å². The molecule has 20 heavy (non-hydrogen) atoms. The molecule has 3 rings (SSSR count). The predicted molar refractivity (Wildman–Crippen MR) is 77.9 cm³/mol. The van der Waals surface area contributed by atoms with Crippen molar-refractivity contribution >= 4 is 45.2 Å². The Kier molecular flexibility index (Phi) is 3.28. The molecule has 1 N–H and O–H groups in total. The van der Waals surface area contributed by atoms with Crippen LogP contribution in [0.1, 0.15) is 5.56 Å². The zero-order valence-corrected chi connectivity index (χ0v) is 12.5. The molecule has 7 heteroatoms. The van der Waals surface area contributed by atoms with Gasteiger partial charge >= 0.3 is 0 Å². The summed E-state index contributed by atoms with van der Waals surface area (Å²) in [4.78, 5) is 25.1. The number of halogens is 1. The summed E-state index contributed by atoms with van der Waals surface area (Å²) in [7, 11) is 0. The van der Waals surface area contributed by atoms with Crippen molar-refractivity contribution in [3.63, 3.8) is 0 Å². The smallest absolute Gasteiger partial charge is 0.275 e. The predicted octanol–water partition coefficient (Wildman–Crippen LogP) is 1.67. The summed E-state index contributed by atoms with van der Waals surface area (Å²) in [5, 5.41) is 12.3. The number of amides is 2. The van der Waals surface area contributed by atoms with Crippen molar-refractivity contribution in [3.8, 4) is 6.07 Å². The number of hydrogen-bond acceptors (Lipinski definition) is 5. The Morgan fingerprint density at radius 1 is 1.35 bits per heavy atom. The molecule has 0 spiro atoms. The second-order valence-corrected chi connectivity index (χ2v) is 6.23. The molecule has 1 fully saturated rings. The fourth-order valence-corrected chi connectivity index (χ4v) is 3.39. The van der Waals surface area contributed by atoms with Crippen molar-refractivity contribution in [1.29, 1.82) is 5.26 Å². The van der Waals surface area contributed by atoms with Gasteiger partial charge in [0.2, 0.25) is 5.91 Å². The molecule has 1 aromatic carbocycles. The van der Waals surface area contributed by atoms with Gasteiger partial charge in [-0.1, -0.05) is 28.1 Å². The molecule has 5 nitrogen and oxygen atoms in total. The SMILES string of the molecule is N#CC1=C(c2ccc(Br)cc2)N[C@H]2SCC(=O)N2C1=O. The van der Waals surface area contributed by atoms with Crippen molar-refractivity contribution in [2.45, 2.75) is 5.50 Å². The molecule has 1 atom stereocenters. The maximum Gasteiger partial charge on any atom is 0.275 e. The van der Waals surface area contributed by atoms with Gasteiger partial charge in [0.15, 0.2) is 5.50 Å². The van der Waals surface area contributed by atoms with Crippen LogP contribution >= 0.6 is 27.7 Å². The molecule has 2 aliphatic heterocycles. The van der Waals surface area contributed by atoms with Gasteiger partial charge in [0.1, 0.15) is 11.6 Å². The van der Waals surface area contributed by atoms with E-state index in [9.17, 15) is 14.9 Å². The van der Waals surface area contributed by atoms with Crippen LogP contribution in [-0.4, -0.2) is 28.0 Å². The lowest BCUT2D eigenvalue weighted by molar-refractivity contribution is -0.141. The lowest BCUT2D eigenvalue weighted by atomic mass is 10.0. The van der Waals surface area contributed by atoms with Crippen LogP contribution in [0.25, 0.3) is 5.70 Å².